The van der Waals surface area contributed by atoms with E-state index in [0.717, 1.165) is 24.6 Å². The Bertz CT molecular complexity index is 405. The van der Waals surface area contributed by atoms with Crippen LogP contribution in [0.2, 0.25) is 0 Å². The zero-order valence-corrected chi connectivity index (χ0v) is 9.74. The first-order valence-corrected chi connectivity index (χ1v) is 5.84. The summed E-state index contributed by atoms with van der Waals surface area (Å²) in [6, 6.07) is 3.93. The third-order valence-electron chi connectivity index (χ3n) is 3.25. The lowest BCUT2D eigenvalue weighted by Gasteiger charge is -2.24. The van der Waals surface area contributed by atoms with Crippen LogP contribution in [0.3, 0.4) is 0 Å². The van der Waals surface area contributed by atoms with E-state index in [1.165, 1.54) is 25.7 Å². The van der Waals surface area contributed by atoms with Gasteiger partial charge in [0, 0.05) is 20.1 Å². The molecule has 2 heterocycles. The van der Waals surface area contributed by atoms with E-state index in [1.54, 1.807) is 6.07 Å². The van der Waals surface area contributed by atoms with Crippen LogP contribution in [0.25, 0.3) is 0 Å². The second-order valence-electron chi connectivity index (χ2n) is 4.38. The fraction of sp³-hybridized carbons (Fsp3) is 0.583. The van der Waals surface area contributed by atoms with Gasteiger partial charge in [-0.3, -0.25) is 0 Å². The summed E-state index contributed by atoms with van der Waals surface area (Å²) in [4.78, 5) is 2.31. The Labute approximate surface area is 96.3 Å². The van der Waals surface area contributed by atoms with Gasteiger partial charge >= 0.3 is 0 Å². The summed E-state index contributed by atoms with van der Waals surface area (Å²) in [6.07, 6.45) is 5.02. The molecule has 4 nitrogen and oxygen atoms in total. The summed E-state index contributed by atoms with van der Waals surface area (Å²) in [5.74, 6) is 1.01. The molecular formula is C12H18N4. The van der Waals surface area contributed by atoms with Gasteiger partial charge in [0.2, 0.25) is 0 Å². The first-order chi connectivity index (χ1) is 7.74. The number of aromatic nitrogens is 1. The van der Waals surface area contributed by atoms with Crippen LogP contribution in [0.1, 0.15) is 31.4 Å². The van der Waals surface area contributed by atoms with E-state index in [4.69, 9.17) is 11.0 Å². The molecular weight excluding hydrogens is 200 g/mol. The molecule has 0 aromatic carbocycles. The van der Waals surface area contributed by atoms with Crippen molar-refractivity contribution in [1.82, 2.24) is 4.57 Å². The molecule has 16 heavy (non-hydrogen) atoms. The van der Waals surface area contributed by atoms with Gasteiger partial charge in [0.15, 0.2) is 0 Å². The van der Waals surface area contributed by atoms with Crippen molar-refractivity contribution in [3.05, 3.63) is 11.8 Å². The van der Waals surface area contributed by atoms with Crippen molar-refractivity contribution in [2.45, 2.75) is 25.7 Å². The Kier molecular flexibility index (Phi) is 3.04. The number of nitrogens with two attached hydrogens (primary N) is 1. The number of nitriles is 1. The lowest BCUT2D eigenvalue weighted by Crippen LogP contribution is -2.26. The van der Waals surface area contributed by atoms with E-state index >= 15 is 0 Å². The van der Waals surface area contributed by atoms with Crippen molar-refractivity contribution in [2.24, 2.45) is 7.05 Å². The predicted molar refractivity (Wildman–Crippen MR) is 65.2 cm³/mol. The number of nitrogen functional groups attached to an aromatic ring is 1. The van der Waals surface area contributed by atoms with E-state index < -0.39 is 0 Å². The molecule has 0 atom stereocenters. The summed E-state index contributed by atoms with van der Waals surface area (Å²) in [5, 5.41) is 8.97. The van der Waals surface area contributed by atoms with Crippen LogP contribution in [-0.2, 0) is 7.05 Å². The van der Waals surface area contributed by atoms with Gasteiger partial charge in [-0.2, -0.15) is 5.26 Å². The molecule has 1 fully saturated rings. The monoisotopic (exact) mass is 218 g/mol. The van der Waals surface area contributed by atoms with Crippen LogP contribution in [0.5, 0.6) is 0 Å². The van der Waals surface area contributed by atoms with Crippen molar-refractivity contribution < 1.29 is 0 Å². The summed E-state index contributed by atoms with van der Waals surface area (Å²) in [7, 11) is 1.91. The molecule has 4 heteroatoms. The van der Waals surface area contributed by atoms with Gasteiger partial charge in [0.1, 0.15) is 17.6 Å². The number of hydrogen-bond acceptors (Lipinski definition) is 3. The normalized spacial score (nSPS) is 16.9. The molecule has 2 N–H and O–H groups in total. The van der Waals surface area contributed by atoms with Crippen LogP contribution < -0.4 is 10.6 Å². The van der Waals surface area contributed by atoms with Crippen molar-refractivity contribution in [2.75, 3.05) is 23.7 Å². The molecule has 86 valence electrons. The molecule has 0 unspecified atom stereocenters. The van der Waals surface area contributed by atoms with E-state index in [9.17, 15) is 0 Å². The molecule has 0 aliphatic carbocycles. The lowest BCUT2D eigenvalue weighted by atomic mass is 10.2. The molecule has 1 saturated heterocycles. The summed E-state index contributed by atoms with van der Waals surface area (Å²) >= 11 is 0. The Hall–Kier alpha value is -1.63. The highest BCUT2D eigenvalue weighted by atomic mass is 15.2. The average Bonchev–Trinajstić information content (AvgIpc) is 2.49. The van der Waals surface area contributed by atoms with Gasteiger partial charge in [0.05, 0.1) is 5.69 Å². The molecule has 1 aromatic heterocycles. The van der Waals surface area contributed by atoms with Crippen molar-refractivity contribution >= 4 is 11.5 Å². The molecule has 1 aromatic rings. The van der Waals surface area contributed by atoms with Crippen LogP contribution in [0.4, 0.5) is 11.5 Å². The molecule has 0 saturated carbocycles. The fourth-order valence-electron chi connectivity index (χ4n) is 2.40. The smallest absolute Gasteiger partial charge is 0.132 e. The van der Waals surface area contributed by atoms with Crippen molar-refractivity contribution in [3.63, 3.8) is 0 Å². The van der Waals surface area contributed by atoms with Crippen molar-refractivity contribution in [3.8, 4) is 6.07 Å². The predicted octanol–water partition coefficient (Wildman–Crippen LogP) is 1.86. The van der Waals surface area contributed by atoms with Gasteiger partial charge in [-0.05, 0) is 18.9 Å². The van der Waals surface area contributed by atoms with Gasteiger partial charge in [-0.15, -0.1) is 0 Å². The highest BCUT2D eigenvalue weighted by molar-refractivity contribution is 5.67. The first-order valence-electron chi connectivity index (χ1n) is 5.84. The zero-order chi connectivity index (χ0) is 11.5. The Morgan fingerprint density at radius 2 is 1.88 bits per heavy atom. The molecule has 0 spiro atoms. The average molecular weight is 218 g/mol. The summed E-state index contributed by atoms with van der Waals surface area (Å²) < 4.78 is 1.90. The van der Waals surface area contributed by atoms with E-state index in [0.29, 0.717) is 5.69 Å². The van der Waals surface area contributed by atoms with E-state index in [2.05, 4.69) is 11.0 Å². The van der Waals surface area contributed by atoms with Gasteiger partial charge in [-0.1, -0.05) is 12.8 Å². The lowest BCUT2D eigenvalue weighted by molar-refractivity contribution is 0.726. The minimum Gasteiger partial charge on any atom is -0.396 e. The van der Waals surface area contributed by atoms with Crippen LogP contribution in [-0.4, -0.2) is 17.7 Å². The second kappa shape index (κ2) is 4.48. The molecule has 1 aliphatic heterocycles. The maximum Gasteiger partial charge on any atom is 0.132 e. The molecule has 1 aliphatic rings. The molecule has 0 bridgehead atoms. The maximum absolute atomic E-state index is 8.97. The van der Waals surface area contributed by atoms with Gasteiger partial charge in [0.25, 0.3) is 0 Å². The SMILES string of the molecule is Cn1c(C#N)cc(N)c1N1CCCCCC1. The quantitative estimate of drug-likeness (QED) is 0.782. The maximum atomic E-state index is 8.97. The van der Waals surface area contributed by atoms with E-state index in [-0.39, 0.29) is 0 Å². The van der Waals surface area contributed by atoms with Crippen molar-refractivity contribution in [1.29, 1.82) is 5.26 Å². The minimum absolute atomic E-state index is 0.636. The highest BCUT2D eigenvalue weighted by Gasteiger charge is 2.17. The van der Waals surface area contributed by atoms with Gasteiger partial charge < -0.3 is 15.2 Å². The Morgan fingerprint density at radius 3 is 2.38 bits per heavy atom. The standard InChI is InChI=1S/C12H18N4/c1-15-10(9-13)8-11(14)12(15)16-6-4-2-3-5-7-16/h8H,2-7,14H2,1H3. The number of rotatable bonds is 1. The summed E-state index contributed by atoms with van der Waals surface area (Å²) in [6.45, 7) is 2.10. The van der Waals surface area contributed by atoms with Crippen LogP contribution >= 0.6 is 0 Å². The van der Waals surface area contributed by atoms with Crippen LogP contribution in [0.15, 0.2) is 6.07 Å². The third kappa shape index (κ3) is 1.85. The Balaban J connectivity index is 2.31. The topological polar surface area (TPSA) is 58.0 Å². The number of nitrogens with zero attached hydrogens (tertiary/aromatic N) is 3. The molecule has 0 radical (unpaired) electrons. The zero-order valence-electron chi connectivity index (χ0n) is 9.74. The Morgan fingerprint density at radius 1 is 1.25 bits per heavy atom. The van der Waals surface area contributed by atoms with Gasteiger partial charge in [-0.25, -0.2) is 0 Å². The summed E-state index contributed by atoms with van der Waals surface area (Å²) in [5.41, 5.74) is 7.35. The fourth-order valence-corrected chi connectivity index (χ4v) is 2.40. The minimum atomic E-state index is 0.636. The second-order valence-corrected chi connectivity index (χ2v) is 4.38. The first kappa shape index (κ1) is 10.9. The number of anilines is 2. The highest BCUT2D eigenvalue weighted by Crippen LogP contribution is 2.28. The number of hydrogen-bond donors (Lipinski definition) is 1. The van der Waals surface area contributed by atoms with Crippen LogP contribution in [0, 0.1) is 11.3 Å². The molecule has 0 amide bonds. The third-order valence-corrected chi connectivity index (χ3v) is 3.25. The largest absolute Gasteiger partial charge is 0.396 e. The van der Waals surface area contributed by atoms with E-state index in [1.807, 2.05) is 11.6 Å². The molecule has 2 rings (SSSR count).